The zero-order valence-electron chi connectivity index (χ0n) is 17.9. The number of hydrogen-bond acceptors (Lipinski definition) is 2. The second-order valence-electron chi connectivity index (χ2n) is 9.37. The predicted molar refractivity (Wildman–Crippen MR) is 110 cm³/mol. The minimum atomic E-state index is -4.42. The summed E-state index contributed by atoms with van der Waals surface area (Å²) in [5, 5.41) is 0. The van der Waals surface area contributed by atoms with Crippen LogP contribution in [0.25, 0.3) is 0 Å². The summed E-state index contributed by atoms with van der Waals surface area (Å²) in [7, 11) is 0. The van der Waals surface area contributed by atoms with E-state index in [1.54, 1.807) is 11.8 Å². The molecule has 3 aliphatic rings. The minimum absolute atomic E-state index is 0.00260. The van der Waals surface area contributed by atoms with Crippen LogP contribution >= 0.6 is 0 Å². The van der Waals surface area contributed by atoms with Crippen molar-refractivity contribution in [2.75, 3.05) is 31.1 Å². The Morgan fingerprint density at radius 1 is 0.818 bits per heavy atom. The highest BCUT2D eigenvalue weighted by Gasteiger charge is 2.87. The average molecular weight is 468 g/mol. The van der Waals surface area contributed by atoms with Gasteiger partial charge in [0.2, 0.25) is 5.91 Å². The summed E-state index contributed by atoms with van der Waals surface area (Å²) >= 11 is 0. The molecule has 9 heteroatoms. The van der Waals surface area contributed by atoms with E-state index in [1.165, 1.54) is 18.2 Å². The van der Waals surface area contributed by atoms with Crippen molar-refractivity contribution in [2.24, 2.45) is 5.41 Å². The molecule has 33 heavy (non-hydrogen) atoms. The van der Waals surface area contributed by atoms with E-state index in [9.17, 15) is 31.1 Å². The average Bonchev–Trinajstić information content (AvgIpc) is 3.60. The Labute approximate surface area is 187 Å². The lowest BCUT2D eigenvalue weighted by Crippen LogP contribution is -2.50. The van der Waals surface area contributed by atoms with Gasteiger partial charge in [-0.05, 0) is 55.2 Å². The molecule has 2 aliphatic carbocycles. The van der Waals surface area contributed by atoms with Crippen LogP contribution in [-0.2, 0) is 22.6 Å². The highest BCUT2D eigenvalue weighted by atomic mass is 19.4. The number of carbonyl (C=O) groups excluding carboxylic acids is 1. The zero-order chi connectivity index (χ0) is 23.8. The second-order valence-corrected chi connectivity index (χ2v) is 9.37. The van der Waals surface area contributed by atoms with Crippen LogP contribution in [0, 0.1) is 12.3 Å². The van der Waals surface area contributed by atoms with Crippen LogP contribution in [0.1, 0.15) is 35.1 Å². The quantitative estimate of drug-likeness (QED) is 0.563. The molecule has 2 aromatic rings. The molecule has 0 bridgehead atoms. The summed E-state index contributed by atoms with van der Waals surface area (Å²) in [4.78, 5) is 16.8. The molecule has 0 atom stereocenters. The number of hydrogen-bond donors (Lipinski definition) is 0. The molecule has 0 unspecified atom stereocenters. The van der Waals surface area contributed by atoms with E-state index in [4.69, 9.17) is 0 Å². The summed E-state index contributed by atoms with van der Waals surface area (Å²) in [6.45, 7) is 3.42. The molecule has 0 radical (unpaired) electrons. The number of fused-ring (bicyclic) bond motifs is 1. The van der Waals surface area contributed by atoms with Crippen molar-refractivity contribution in [3.8, 4) is 0 Å². The Balaban J connectivity index is 1.24. The lowest BCUT2D eigenvalue weighted by molar-refractivity contribution is -0.138. The number of halogens is 6. The molecule has 176 valence electrons. The highest BCUT2D eigenvalue weighted by Crippen LogP contribution is 2.86. The summed E-state index contributed by atoms with van der Waals surface area (Å²) in [6, 6.07) is 8.75. The van der Waals surface area contributed by atoms with Crippen molar-refractivity contribution < 1.29 is 31.1 Å². The number of piperazine rings is 1. The maximum atomic E-state index is 13.2. The van der Waals surface area contributed by atoms with Crippen molar-refractivity contribution in [1.29, 1.82) is 0 Å². The van der Waals surface area contributed by atoms with Crippen molar-refractivity contribution in [3.63, 3.8) is 0 Å². The van der Waals surface area contributed by atoms with Gasteiger partial charge in [-0.3, -0.25) is 4.79 Å². The minimum Gasteiger partial charge on any atom is -0.368 e. The van der Waals surface area contributed by atoms with Gasteiger partial charge in [0.25, 0.3) is 0 Å². The third kappa shape index (κ3) is 3.47. The Kier molecular flexibility index (Phi) is 4.62. The first-order chi connectivity index (χ1) is 15.4. The Morgan fingerprint density at radius 2 is 1.36 bits per heavy atom. The van der Waals surface area contributed by atoms with Gasteiger partial charge < -0.3 is 9.80 Å². The van der Waals surface area contributed by atoms with Crippen molar-refractivity contribution >= 4 is 11.6 Å². The third-order valence-electron chi connectivity index (χ3n) is 7.49. The highest BCUT2D eigenvalue weighted by molar-refractivity contribution is 5.95. The Bertz CT molecular complexity index is 1090. The van der Waals surface area contributed by atoms with E-state index in [1.807, 2.05) is 4.90 Å². The molecule has 0 aromatic heterocycles. The van der Waals surface area contributed by atoms with Crippen LogP contribution in [0.15, 0.2) is 42.5 Å². The van der Waals surface area contributed by atoms with Gasteiger partial charge in [0.15, 0.2) is 0 Å². The maximum Gasteiger partial charge on any atom is 0.416 e. The summed E-state index contributed by atoms with van der Waals surface area (Å²) < 4.78 is 77.8. The molecular formula is C24H22F6N2O. The third-order valence-corrected chi connectivity index (χ3v) is 7.49. The van der Waals surface area contributed by atoms with Crippen LogP contribution in [0.4, 0.5) is 32.0 Å². The van der Waals surface area contributed by atoms with Crippen LogP contribution < -0.4 is 4.90 Å². The lowest BCUT2D eigenvalue weighted by Gasteiger charge is -2.37. The van der Waals surface area contributed by atoms with E-state index < -0.39 is 28.9 Å². The van der Waals surface area contributed by atoms with Crippen molar-refractivity contribution in [1.82, 2.24) is 4.90 Å². The number of nitrogens with zero attached hydrogens (tertiary/aromatic N) is 2. The molecule has 2 saturated carbocycles. The molecule has 0 N–H and O–H groups in total. The summed E-state index contributed by atoms with van der Waals surface area (Å²) in [5.41, 5.74) is -0.259. The number of amides is 1. The van der Waals surface area contributed by atoms with Gasteiger partial charge in [0.1, 0.15) is 0 Å². The smallest absolute Gasteiger partial charge is 0.368 e. The Hall–Kier alpha value is -2.71. The number of anilines is 1. The summed E-state index contributed by atoms with van der Waals surface area (Å²) in [5.74, 6) is 0.00260. The van der Waals surface area contributed by atoms with Crippen LogP contribution in [0.3, 0.4) is 0 Å². The first-order valence-electron chi connectivity index (χ1n) is 10.8. The molecule has 0 spiro atoms. The Morgan fingerprint density at radius 3 is 1.91 bits per heavy atom. The molecule has 1 heterocycles. The van der Waals surface area contributed by atoms with Gasteiger partial charge in [0, 0.05) is 37.3 Å². The number of rotatable bonds is 3. The second kappa shape index (κ2) is 6.90. The number of carbonyl (C=O) groups is 1. The number of alkyl halides is 6. The van der Waals surface area contributed by atoms with E-state index >= 15 is 0 Å². The molecule has 5 rings (SSSR count). The van der Waals surface area contributed by atoms with Gasteiger partial charge in [0.05, 0.1) is 16.5 Å². The van der Waals surface area contributed by atoms with Crippen LogP contribution in [0.5, 0.6) is 0 Å². The molecule has 1 saturated heterocycles. The standard InChI is InChI=1S/C24H22F6N2O/c1-15-2-3-18(24(28,29)30)12-19(15)31-8-10-32(11-9-31)20(33)22-13-21(22,14-22)16-4-6-17(7-5-16)23(25,26)27/h2-7,12H,8-11,13-14H2,1H3. The first-order valence-corrected chi connectivity index (χ1v) is 10.8. The summed E-state index contributed by atoms with van der Waals surface area (Å²) in [6.07, 6.45) is -7.54. The van der Waals surface area contributed by atoms with E-state index in [0.717, 1.165) is 35.4 Å². The maximum absolute atomic E-state index is 13.2. The van der Waals surface area contributed by atoms with Gasteiger partial charge in [-0.25, -0.2) is 0 Å². The predicted octanol–water partition coefficient (Wildman–Crippen LogP) is 5.41. The van der Waals surface area contributed by atoms with E-state index in [0.29, 0.717) is 44.7 Å². The van der Waals surface area contributed by atoms with Crippen LogP contribution in [-0.4, -0.2) is 37.0 Å². The molecular weight excluding hydrogens is 446 g/mol. The largest absolute Gasteiger partial charge is 0.416 e. The van der Waals surface area contributed by atoms with Gasteiger partial charge in [-0.15, -0.1) is 0 Å². The van der Waals surface area contributed by atoms with Gasteiger partial charge >= 0.3 is 12.4 Å². The number of aryl methyl sites for hydroxylation is 1. The molecule has 1 amide bonds. The molecule has 1 aliphatic heterocycles. The lowest BCUT2D eigenvalue weighted by atomic mass is 10.0. The fourth-order valence-corrected chi connectivity index (χ4v) is 5.28. The van der Waals surface area contributed by atoms with Gasteiger partial charge in [-0.2, -0.15) is 26.3 Å². The van der Waals surface area contributed by atoms with E-state index in [-0.39, 0.29) is 11.3 Å². The van der Waals surface area contributed by atoms with E-state index in [2.05, 4.69) is 0 Å². The normalized spacial score (nSPS) is 26.8. The first kappa shape index (κ1) is 22.1. The fraction of sp³-hybridized carbons (Fsp3) is 0.458. The molecule has 3 fully saturated rings. The van der Waals surface area contributed by atoms with Crippen LogP contribution in [0.2, 0.25) is 0 Å². The van der Waals surface area contributed by atoms with Gasteiger partial charge in [-0.1, -0.05) is 18.2 Å². The topological polar surface area (TPSA) is 23.6 Å². The molecule has 2 aromatic carbocycles. The number of benzene rings is 2. The monoisotopic (exact) mass is 468 g/mol. The van der Waals surface area contributed by atoms with Crippen molar-refractivity contribution in [2.45, 2.75) is 37.5 Å². The SMILES string of the molecule is Cc1ccc(C(F)(F)F)cc1N1CCN(C(=O)C23CC2(c2ccc(C(F)(F)F)cc2)C3)CC1. The fourth-order valence-electron chi connectivity index (χ4n) is 5.28. The zero-order valence-corrected chi connectivity index (χ0v) is 17.9. The molecule has 3 nitrogen and oxygen atoms in total. The van der Waals surface area contributed by atoms with Crippen molar-refractivity contribution in [3.05, 3.63) is 64.7 Å².